The molecule has 4 aliphatic rings. The number of amides is 2. The van der Waals surface area contributed by atoms with Crippen molar-refractivity contribution in [2.75, 3.05) is 0 Å². The Labute approximate surface area is 155 Å². The summed E-state index contributed by atoms with van der Waals surface area (Å²) < 4.78 is 0. The van der Waals surface area contributed by atoms with E-state index in [9.17, 15) is 9.59 Å². The van der Waals surface area contributed by atoms with Crippen LogP contribution in [0.1, 0.15) is 63.5 Å². The first kappa shape index (κ1) is 17.5. The van der Waals surface area contributed by atoms with Gasteiger partial charge in [-0.2, -0.15) is 0 Å². The minimum atomic E-state index is -0.0155. The van der Waals surface area contributed by atoms with E-state index in [2.05, 4.69) is 15.6 Å². The molecular weight excluding hydrogens is 326 g/mol. The maximum atomic E-state index is 12.4. The Kier molecular flexibility index (Phi) is 4.96. The molecule has 1 heterocycles. The van der Waals surface area contributed by atoms with Gasteiger partial charge in [0.15, 0.2) is 0 Å². The summed E-state index contributed by atoms with van der Waals surface area (Å²) in [5, 5.41) is 6.24. The smallest absolute Gasteiger partial charge is 0.220 e. The van der Waals surface area contributed by atoms with Gasteiger partial charge in [-0.1, -0.05) is 6.07 Å². The average molecular weight is 355 g/mol. The molecule has 0 aliphatic heterocycles. The maximum absolute atomic E-state index is 12.4. The van der Waals surface area contributed by atoms with Crippen LogP contribution in [0, 0.1) is 17.8 Å². The average Bonchev–Trinajstić information content (AvgIpc) is 2.59. The molecule has 0 aromatic carbocycles. The summed E-state index contributed by atoms with van der Waals surface area (Å²) >= 11 is 0. The molecule has 5 nitrogen and oxygen atoms in total. The predicted molar refractivity (Wildman–Crippen MR) is 99.0 cm³/mol. The lowest BCUT2D eigenvalue weighted by Crippen LogP contribution is -2.59. The van der Waals surface area contributed by atoms with E-state index in [1.165, 1.54) is 38.5 Å². The molecule has 0 unspecified atom stereocenters. The zero-order valence-electron chi connectivity index (χ0n) is 15.4. The Morgan fingerprint density at radius 1 is 1.00 bits per heavy atom. The van der Waals surface area contributed by atoms with Crippen LogP contribution in [-0.4, -0.2) is 22.3 Å². The fourth-order valence-electron chi connectivity index (χ4n) is 5.81. The molecule has 5 heteroatoms. The van der Waals surface area contributed by atoms with Crippen molar-refractivity contribution >= 4 is 11.8 Å². The van der Waals surface area contributed by atoms with Gasteiger partial charge in [-0.05, 0) is 74.8 Å². The molecule has 4 saturated carbocycles. The molecule has 0 spiro atoms. The largest absolute Gasteiger partial charge is 0.351 e. The Morgan fingerprint density at radius 2 is 1.65 bits per heavy atom. The highest BCUT2D eigenvalue weighted by Crippen LogP contribution is 2.55. The zero-order valence-corrected chi connectivity index (χ0v) is 15.4. The highest BCUT2D eigenvalue weighted by molar-refractivity contribution is 5.79. The lowest BCUT2D eigenvalue weighted by atomic mass is 9.53. The van der Waals surface area contributed by atoms with Crippen molar-refractivity contribution in [1.82, 2.24) is 15.6 Å². The van der Waals surface area contributed by atoms with E-state index in [-0.39, 0.29) is 17.4 Å². The van der Waals surface area contributed by atoms with Gasteiger partial charge in [0.05, 0.1) is 12.2 Å². The quantitative estimate of drug-likeness (QED) is 0.790. The van der Waals surface area contributed by atoms with E-state index in [1.54, 1.807) is 6.20 Å². The normalized spacial score (nSPS) is 31.6. The van der Waals surface area contributed by atoms with Crippen LogP contribution in [-0.2, 0) is 16.1 Å². The van der Waals surface area contributed by atoms with Crippen LogP contribution in [0.2, 0.25) is 0 Å². The molecule has 2 N–H and O–H groups in total. The van der Waals surface area contributed by atoms with Gasteiger partial charge in [0, 0.05) is 24.6 Å². The minimum Gasteiger partial charge on any atom is -0.351 e. The number of pyridine rings is 1. The van der Waals surface area contributed by atoms with E-state index in [0.29, 0.717) is 25.8 Å². The third-order valence-electron chi connectivity index (χ3n) is 6.44. The number of rotatable bonds is 7. The first-order chi connectivity index (χ1) is 12.6. The first-order valence-electron chi connectivity index (χ1n) is 10.1. The van der Waals surface area contributed by atoms with E-state index < -0.39 is 0 Å². The Hall–Kier alpha value is -1.91. The molecule has 4 bridgehead atoms. The number of carbonyl (C=O) groups excluding carboxylic acids is 2. The molecule has 1 aromatic rings. The summed E-state index contributed by atoms with van der Waals surface area (Å²) in [6.07, 6.45) is 10.8. The molecule has 0 saturated heterocycles. The van der Waals surface area contributed by atoms with Crippen LogP contribution in [0.5, 0.6) is 0 Å². The van der Waals surface area contributed by atoms with E-state index in [1.807, 2.05) is 18.2 Å². The Bertz CT molecular complexity index is 623. The standard InChI is InChI=1S/C21H29N3O2/c25-19(23-14-18-4-1-2-7-22-18)5-3-6-20(26)24-21-11-15-8-16(12-21)10-17(9-15)13-21/h1-2,4,7,15-17H,3,5-6,8-14H2,(H,23,25)(H,24,26). The van der Waals surface area contributed by atoms with Crippen molar-refractivity contribution in [2.24, 2.45) is 17.8 Å². The predicted octanol–water partition coefficient (Wildman–Crippen LogP) is 2.95. The SMILES string of the molecule is O=C(CCCC(=O)NC12CC3CC(CC(C3)C1)C2)NCc1ccccn1. The summed E-state index contributed by atoms with van der Waals surface area (Å²) in [7, 11) is 0. The van der Waals surface area contributed by atoms with Crippen LogP contribution in [0.15, 0.2) is 24.4 Å². The molecule has 4 fully saturated rings. The van der Waals surface area contributed by atoms with Gasteiger partial charge in [0.1, 0.15) is 0 Å². The summed E-state index contributed by atoms with van der Waals surface area (Å²) in [4.78, 5) is 28.6. The minimum absolute atomic E-state index is 0.0155. The number of aromatic nitrogens is 1. The fraction of sp³-hybridized carbons (Fsp3) is 0.667. The molecule has 0 radical (unpaired) electrons. The lowest BCUT2D eigenvalue weighted by molar-refractivity contribution is -0.127. The molecule has 26 heavy (non-hydrogen) atoms. The summed E-state index contributed by atoms with van der Waals surface area (Å²) in [6, 6.07) is 5.65. The second kappa shape index (κ2) is 7.37. The molecular formula is C21H29N3O2. The molecule has 140 valence electrons. The lowest BCUT2D eigenvalue weighted by Gasteiger charge is -2.56. The zero-order chi connectivity index (χ0) is 18.0. The number of nitrogens with zero attached hydrogens (tertiary/aromatic N) is 1. The van der Waals surface area contributed by atoms with Crippen molar-refractivity contribution in [3.63, 3.8) is 0 Å². The number of hydrogen-bond acceptors (Lipinski definition) is 3. The monoisotopic (exact) mass is 355 g/mol. The number of nitrogens with one attached hydrogen (secondary N) is 2. The van der Waals surface area contributed by atoms with E-state index in [0.717, 1.165) is 23.4 Å². The summed E-state index contributed by atoms with van der Waals surface area (Å²) in [5.41, 5.74) is 0.924. The fourth-order valence-corrected chi connectivity index (χ4v) is 5.81. The summed E-state index contributed by atoms with van der Waals surface area (Å²) in [6.45, 7) is 0.444. The van der Waals surface area contributed by atoms with Crippen molar-refractivity contribution in [2.45, 2.75) is 69.9 Å². The van der Waals surface area contributed by atoms with Gasteiger partial charge in [-0.25, -0.2) is 0 Å². The van der Waals surface area contributed by atoms with Crippen LogP contribution in [0.25, 0.3) is 0 Å². The second-order valence-electron chi connectivity index (χ2n) is 8.70. The third-order valence-corrected chi connectivity index (χ3v) is 6.44. The van der Waals surface area contributed by atoms with Crippen LogP contribution in [0.3, 0.4) is 0 Å². The van der Waals surface area contributed by atoms with Gasteiger partial charge in [0.2, 0.25) is 11.8 Å². The highest BCUT2D eigenvalue weighted by Gasteiger charge is 2.51. The van der Waals surface area contributed by atoms with Gasteiger partial charge < -0.3 is 10.6 Å². The van der Waals surface area contributed by atoms with Gasteiger partial charge in [0.25, 0.3) is 0 Å². The molecule has 0 atom stereocenters. The van der Waals surface area contributed by atoms with E-state index in [4.69, 9.17) is 0 Å². The highest BCUT2D eigenvalue weighted by atomic mass is 16.2. The van der Waals surface area contributed by atoms with Crippen molar-refractivity contribution in [3.8, 4) is 0 Å². The number of carbonyl (C=O) groups is 2. The Morgan fingerprint density at radius 3 is 2.27 bits per heavy atom. The van der Waals surface area contributed by atoms with Crippen LogP contribution in [0.4, 0.5) is 0 Å². The number of hydrogen-bond donors (Lipinski definition) is 2. The molecule has 5 rings (SSSR count). The van der Waals surface area contributed by atoms with E-state index >= 15 is 0 Å². The van der Waals surface area contributed by atoms with Crippen molar-refractivity contribution in [3.05, 3.63) is 30.1 Å². The molecule has 2 amide bonds. The third kappa shape index (κ3) is 4.08. The van der Waals surface area contributed by atoms with Crippen LogP contribution >= 0.6 is 0 Å². The molecule has 4 aliphatic carbocycles. The van der Waals surface area contributed by atoms with Crippen molar-refractivity contribution in [1.29, 1.82) is 0 Å². The van der Waals surface area contributed by atoms with Gasteiger partial charge in [-0.3, -0.25) is 14.6 Å². The van der Waals surface area contributed by atoms with Gasteiger partial charge in [-0.15, -0.1) is 0 Å². The van der Waals surface area contributed by atoms with Crippen molar-refractivity contribution < 1.29 is 9.59 Å². The van der Waals surface area contributed by atoms with Gasteiger partial charge >= 0.3 is 0 Å². The summed E-state index contributed by atoms with van der Waals surface area (Å²) in [5.74, 6) is 2.61. The van der Waals surface area contributed by atoms with Crippen LogP contribution < -0.4 is 10.6 Å². The topological polar surface area (TPSA) is 71.1 Å². The second-order valence-corrected chi connectivity index (χ2v) is 8.70. The maximum Gasteiger partial charge on any atom is 0.220 e. The molecule has 1 aromatic heterocycles. The first-order valence-corrected chi connectivity index (χ1v) is 10.1. The Balaban J connectivity index is 1.17.